The second-order valence-corrected chi connectivity index (χ2v) is 5.13. The molecule has 0 fully saturated rings. The average molecular weight is 274 g/mol. The molecule has 0 heterocycles. The highest BCUT2D eigenvalue weighted by Crippen LogP contribution is 2.31. The first-order valence-corrected chi connectivity index (χ1v) is 6.43. The fourth-order valence-electron chi connectivity index (χ4n) is 1.97. The first-order valence-electron chi connectivity index (χ1n) is 6.43. The van der Waals surface area contributed by atoms with Gasteiger partial charge in [-0.1, -0.05) is 12.1 Å². The number of rotatable bonds is 4. The van der Waals surface area contributed by atoms with Gasteiger partial charge in [0.15, 0.2) is 0 Å². The predicted octanol–water partition coefficient (Wildman–Crippen LogP) is 3.57. The Bertz CT molecular complexity index is 611. The Labute approximate surface area is 118 Å². The molecule has 0 aromatic heterocycles. The zero-order valence-electron chi connectivity index (χ0n) is 12.0. The summed E-state index contributed by atoms with van der Waals surface area (Å²) in [6.07, 6.45) is 0. The van der Waals surface area contributed by atoms with Crippen molar-refractivity contribution >= 4 is 5.69 Å². The molecular weight excluding hydrogens is 255 g/mol. The Morgan fingerprint density at radius 2 is 1.85 bits per heavy atom. The zero-order valence-corrected chi connectivity index (χ0v) is 12.0. The summed E-state index contributed by atoms with van der Waals surface area (Å²) in [6.45, 7) is 2.63. The van der Waals surface area contributed by atoms with E-state index in [4.69, 9.17) is 10.5 Å². The summed E-state index contributed by atoms with van der Waals surface area (Å²) in [5.41, 5.74) is 8.45. The normalized spacial score (nSPS) is 10.8. The molecular formula is C16H19FN2O. The van der Waals surface area contributed by atoms with Crippen LogP contribution < -0.4 is 10.5 Å². The molecule has 2 rings (SSSR count). The highest BCUT2D eigenvalue weighted by Gasteiger charge is 2.09. The summed E-state index contributed by atoms with van der Waals surface area (Å²) < 4.78 is 19.2. The highest BCUT2D eigenvalue weighted by atomic mass is 19.1. The average Bonchev–Trinajstić information content (AvgIpc) is 2.35. The van der Waals surface area contributed by atoms with Crippen LogP contribution in [-0.2, 0) is 6.54 Å². The van der Waals surface area contributed by atoms with Crippen molar-refractivity contribution in [3.8, 4) is 11.5 Å². The number of halogens is 1. The summed E-state index contributed by atoms with van der Waals surface area (Å²) in [5, 5.41) is 0. The SMILES string of the molecule is Cc1ccc(Oc2cc(F)ccc2CN(C)C)c(N)c1. The molecule has 0 aliphatic heterocycles. The maximum Gasteiger partial charge on any atom is 0.150 e. The molecule has 2 aromatic carbocycles. The second-order valence-electron chi connectivity index (χ2n) is 5.13. The molecule has 3 nitrogen and oxygen atoms in total. The maximum atomic E-state index is 13.4. The standard InChI is InChI=1S/C16H19FN2O/c1-11-4-7-15(14(18)8-11)20-16-9-13(17)6-5-12(16)10-19(2)3/h4-9H,10,18H2,1-3H3. The van der Waals surface area contributed by atoms with E-state index in [0.29, 0.717) is 23.7 Å². The van der Waals surface area contributed by atoms with Crippen molar-refractivity contribution in [2.75, 3.05) is 19.8 Å². The molecule has 20 heavy (non-hydrogen) atoms. The minimum Gasteiger partial charge on any atom is -0.455 e. The van der Waals surface area contributed by atoms with Crippen LogP contribution in [0.25, 0.3) is 0 Å². The number of hydrogen-bond acceptors (Lipinski definition) is 3. The molecule has 0 aliphatic carbocycles. The van der Waals surface area contributed by atoms with Crippen LogP contribution in [0.2, 0.25) is 0 Å². The van der Waals surface area contributed by atoms with Gasteiger partial charge in [0.05, 0.1) is 5.69 Å². The van der Waals surface area contributed by atoms with E-state index in [1.165, 1.54) is 12.1 Å². The Morgan fingerprint density at radius 3 is 2.50 bits per heavy atom. The van der Waals surface area contributed by atoms with Crippen molar-refractivity contribution in [1.29, 1.82) is 0 Å². The molecule has 2 N–H and O–H groups in total. The number of nitrogens with zero attached hydrogens (tertiary/aromatic N) is 1. The van der Waals surface area contributed by atoms with E-state index in [0.717, 1.165) is 11.1 Å². The summed E-state index contributed by atoms with van der Waals surface area (Å²) in [6, 6.07) is 10.1. The van der Waals surface area contributed by atoms with Crippen molar-refractivity contribution in [2.45, 2.75) is 13.5 Å². The minimum absolute atomic E-state index is 0.326. The number of benzene rings is 2. The number of aryl methyl sites for hydroxylation is 1. The number of ether oxygens (including phenoxy) is 1. The van der Waals surface area contributed by atoms with E-state index >= 15 is 0 Å². The number of nitrogens with two attached hydrogens (primary N) is 1. The maximum absolute atomic E-state index is 13.4. The van der Waals surface area contributed by atoms with Gasteiger partial charge in [-0.15, -0.1) is 0 Å². The van der Waals surface area contributed by atoms with Crippen molar-refractivity contribution in [3.05, 3.63) is 53.3 Å². The van der Waals surface area contributed by atoms with E-state index in [1.807, 2.05) is 38.1 Å². The molecule has 0 bridgehead atoms. The fraction of sp³-hybridized carbons (Fsp3) is 0.250. The van der Waals surface area contributed by atoms with Gasteiger partial charge in [-0.3, -0.25) is 0 Å². The van der Waals surface area contributed by atoms with Crippen LogP contribution in [0.1, 0.15) is 11.1 Å². The molecule has 0 atom stereocenters. The van der Waals surface area contributed by atoms with Crippen LogP contribution in [0.15, 0.2) is 36.4 Å². The Hall–Kier alpha value is -2.07. The predicted molar refractivity (Wildman–Crippen MR) is 79.5 cm³/mol. The van der Waals surface area contributed by atoms with Crippen molar-refractivity contribution in [2.24, 2.45) is 0 Å². The van der Waals surface area contributed by atoms with Gasteiger partial charge in [0.1, 0.15) is 17.3 Å². The molecule has 0 spiro atoms. The lowest BCUT2D eigenvalue weighted by atomic mass is 10.1. The van der Waals surface area contributed by atoms with Crippen LogP contribution in [0, 0.1) is 12.7 Å². The molecule has 0 saturated heterocycles. The second kappa shape index (κ2) is 5.92. The van der Waals surface area contributed by atoms with Gasteiger partial charge in [-0.2, -0.15) is 0 Å². The highest BCUT2D eigenvalue weighted by molar-refractivity contribution is 5.56. The van der Waals surface area contributed by atoms with E-state index in [1.54, 1.807) is 12.1 Å². The van der Waals surface area contributed by atoms with Crippen LogP contribution in [0.3, 0.4) is 0 Å². The molecule has 4 heteroatoms. The lowest BCUT2D eigenvalue weighted by Gasteiger charge is -2.16. The zero-order chi connectivity index (χ0) is 14.7. The van der Waals surface area contributed by atoms with E-state index in [9.17, 15) is 4.39 Å². The minimum atomic E-state index is -0.326. The molecule has 0 amide bonds. The Balaban J connectivity index is 2.34. The van der Waals surface area contributed by atoms with Gasteiger partial charge < -0.3 is 15.4 Å². The Kier molecular flexibility index (Phi) is 4.25. The third kappa shape index (κ3) is 3.48. The molecule has 0 unspecified atom stereocenters. The quantitative estimate of drug-likeness (QED) is 0.866. The van der Waals surface area contributed by atoms with E-state index < -0.39 is 0 Å². The number of nitrogen functional groups attached to an aromatic ring is 1. The van der Waals surface area contributed by atoms with Gasteiger partial charge in [0.2, 0.25) is 0 Å². The van der Waals surface area contributed by atoms with Crippen molar-refractivity contribution < 1.29 is 9.13 Å². The third-order valence-corrected chi connectivity index (χ3v) is 2.90. The van der Waals surface area contributed by atoms with Crippen molar-refractivity contribution in [3.63, 3.8) is 0 Å². The van der Waals surface area contributed by atoms with Gasteiger partial charge in [0.25, 0.3) is 0 Å². The first-order chi connectivity index (χ1) is 9.45. The lowest BCUT2D eigenvalue weighted by molar-refractivity contribution is 0.387. The topological polar surface area (TPSA) is 38.5 Å². The molecule has 0 saturated carbocycles. The van der Waals surface area contributed by atoms with Crippen LogP contribution >= 0.6 is 0 Å². The third-order valence-electron chi connectivity index (χ3n) is 2.90. The van der Waals surface area contributed by atoms with Gasteiger partial charge in [0, 0.05) is 18.2 Å². The number of anilines is 1. The number of hydrogen-bond donors (Lipinski definition) is 1. The summed E-state index contributed by atoms with van der Waals surface area (Å²) in [7, 11) is 3.90. The molecule has 0 radical (unpaired) electrons. The molecule has 0 aliphatic rings. The summed E-state index contributed by atoms with van der Waals surface area (Å²) >= 11 is 0. The fourth-order valence-corrected chi connectivity index (χ4v) is 1.97. The van der Waals surface area contributed by atoms with Crippen LogP contribution in [0.4, 0.5) is 10.1 Å². The van der Waals surface area contributed by atoms with E-state index in [-0.39, 0.29) is 5.82 Å². The lowest BCUT2D eigenvalue weighted by Crippen LogP contribution is -2.11. The molecule has 106 valence electrons. The monoisotopic (exact) mass is 274 g/mol. The van der Waals surface area contributed by atoms with Gasteiger partial charge in [-0.25, -0.2) is 4.39 Å². The molecule has 2 aromatic rings. The van der Waals surface area contributed by atoms with E-state index in [2.05, 4.69) is 0 Å². The summed E-state index contributed by atoms with van der Waals surface area (Å²) in [5.74, 6) is 0.712. The van der Waals surface area contributed by atoms with Gasteiger partial charge >= 0.3 is 0 Å². The summed E-state index contributed by atoms with van der Waals surface area (Å²) in [4.78, 5) is 2.00. The van der Waals surface area contributed by atoms with Gasteiger partial charge in [-0.05, 0) is 44.8 Å². The smallest absolute Gasteiger partial charge is 0.150 e. The van der Waals surface area contributed by atoms with Crippen molar-refractivity contribution in [1.82, 2.24) is 4.90 Å². The van der Waals surface area contributed by atoms with Crippen LogP contribution in [0.5, 0.6) is 11.5 Å². The van der Waals surface area contributed by atoms with Crippen LogP contribution in [-0.4, -0.2) is 19.0 Å². The largest absolute Gasteiger partial charge is 0.455 e. The Morgan fingerprint density at radius 1 is 1.10 bits per heavy atom. The first kappa shape index (κ1) is 14.3.